The van der Waals surface area contributed by atoms with E-state index in [4.69, 9.17) is 0 Å². The molecule has 188 valence electrons. The molecule has 1 atom stereocenters. The van der Waals surface area contributed by atoms with Gasteiger partial charge in [-0.1, -0.05) is 24.0 Å². The molecule has 4 heterocycles. The predicted molar refractivity (Wildman–Crippen MR) is 130 cm³/mol. The number of carbonyl (C=O) groups is 1. The zero-order valence-corrected chi connectivity index (χ0v) is 20.5. The molecule has 1 saturated heterocycles. The molecule has 1 aromatic carbocycles. The molecular weight excluding hydrogens is 490 g/mol. The van der Waals surface area contributed by atoms with Crippen LogP contribution in [0.5, 0.6) is 5.75 Å². The first kappa shape index (κ1) is 23.9. The first-order valence-electron chi connectivity index (χ1n) is 11.3. The zero-order valence-electron chi connectivity index (χ0n) is 19.7. The Kier molecular flexibility index (Phi) is 5.78. The summed E-state index contributed by atoms with van der Waals surface area (Å²) >= 11 is 1.06. The molecule has 0 aliphatic carbocycles. The molecule has 1 unspecified atom stereocenters. The number of hydrogen-bond donors (Lipinski definition) is 2. The van der Waals surface area contributed by atoms with Crippen LogP contribution in [-0.2, 0) is 6.42 Å². The van der Waals surface area contributed by atoms with Gasteiger partial charge in [-0.05, 0) is 24.5 Å². The second-order valence-corrected chi connectivity index (χ2v) is 10.0. The second-order valence-electron chi connectivity index (χ2n) is 8.98. The van der Waals surface area contributed by atoms with Crippen molar-refractivity contribution in [3.63, 3.8) is 0 Å². The van der Waals surface area contributed by atoms with Crippen LogP contribution >= 0.6 is 11.3 Å². The Balaban J connectivity index is 1.56. The number of allylic oxidation sites excluding steroid dienone is 1. The lowest BCUT2D eigenvalue weighted by Gasteiger charge is -2.53. The summed E-state index contributed by atoms with van der Waals surface area (Å²) in [5.74, 6) is -2.52. The number of aromatic nitrogens is 3. The highest BCUT2D eigenvalue weighted by molar-refractivity contribution is 7.14. The number of fused-ring (bicyclic) bond motifs is 1. The SMILES string of the molecule is C=C1CCC2(CCN1)N(C)C(=O)c1c(O)c(=O)c(-c3nnc(Cc4ccc(F)cc4F)s3)cn1N2C. The summed E-state index contributed by atoms with van der Waals surface area (Å²) in [6.07, 6.45) is 3.39. The molecule has 2 aliphatic heterocycles. The van der Waals surface area contributed by atoms with Crippen LogP contribution in [0.4, 0.5) is 8.78 Å². The summed E-state index contributed by atoms with van der Waals surface area (Å²) in [6.45, 7) is 4.62. The van der Waals surface area contributed by atoms with Crippen molar-refractivity contribution in [2.75, 3.05) is 25.6 Å². The van der Waals surface area contributed by atoms with Crippen LogP contribution in [0.1, 0.15) is 40.3 Å². The maximum Gasteiger partial charge on any atom is 0.278 e. The normalized spacial score (nSPS) is 19.9. The number of nitrogens with one attached hydrogen (secondary N) is 1. The van der Waals surface area contributed by atoms with Gasteiger partial charge in [0.2, 0.25) is 5.43 Å². The van der Waals surface area contributed by atoms with Gasteiger partial charge in [0.15, 0.2) is 16.5 Å². The van der Waals surface area contributed by atoms with Crippen LogP contribution in [0.15, 0.2) is 41.5 Å². The van der Waals surface area contributed by atoms with E-state index in [1.54, 1.807) is 19.0 Å². The number of halogens is 2. The molecule has 12 heteroatoms. The van der Waals surface area contributed by atoms with Gasteiger partial charge >= 0.3 is 0 Å². The summed E-state index contributed by atoms with van der Waals surface area (Å²) in [4.78, 5) is 28.0. The van der Waals surface area contributed by atoms with Gasteiger partial charge in [-0.3, -0.25) is 19.3 Å². The van der Waals surface area contributed by atoms with Gasteiger partial charge in [0, 0.05) is 51.4 Å². The number of amides is 1. The summed E-state index contributed by atoms with van der Waals surface area (Å²) in [5.41, 5.74) is -0.401. The molecule has 9 nitrogen and oxygen atoms in total. The van der Waals surface area contributed by atoms with Crippen LogP contribution in [0.3, 0.4) is 0 Å². The third-order valence-electron chi connectivity index (χ3n) is 7.00. The summed E-state index contributed by atoms with van der Waals surface area (Å²) in [6, 6.07) is 3.29. The average molecular weight is 515 g/mol. The quantitative estimate of drug-likeness (QED) is 0.554. The third-order valence-corrected chi connectivity index (χ3v) is 7.96. The van der Waals surface area contributed by atoms with Crippen molar-refractivity contribution in [1.29, 1.82) is 0 Å². The van der Waals surface area contributed by atoms with Gasteiger partial charge in [-0.15, -0.1) is 10.2 Å². The molecule has 0 bridgehead atoms. The molecule has 0 saturated carbocycles. The molecule has 2 aliphatic rings. The van der Waals surface area contributed by atoms with E-state index in [1.807, 2.05) is 5.01 Å². The molecule has 2 N–H and O–H groups in total. The van der Waals surface area contributed by atoms with E-state index in [9.17, 15) is 23.5 Å². The highest BCUT2D eigenvalue weighted by Crippen LogP contribution is 2.37. The molecule has 2 aromatic heterocycles. The fourth-order valence-corrected chi connectivity index (χ4v) is 5.74. The van der Waals surface area contributed by atoms with Gasteiger partial charge in [0.1, 0.15) is 22.3 Å². The number of pyridine rings is 1. The number of rotatable bonds is 3. The fraction of sp³-hybridized carbons (Fsp3) is 0.333. The molecule has 0 radical (unpaired) electrons. The van der Waals surface area contributed by atoms with Crippen LogP contribution in [0.25, 0.3) is 10.6 Å². The molecule has 1 amide bonds. The van der Waals surface area contributed by atoms with E-state index >= 15 is 0 Å². The van der Waals surface area contributed by atoms with Crippen LogP contribution in [0, 0.1) is 11.6 Å². The van der Waals surface area contributed by atoms with Crippen molar-refractivity contribution < 1.29 is 18.7 Å². The highest BCUT2D eigenvalue weighted by atomic mass is 32.1. The minimum atomic E-state index is -0.751. The molecule has 1 spiro atoms. The summed E-state index contributed by atoms with van der Waals surface area (Å²) in [5, 5.41) is 24.7. The first-order chi connectivity index (χ1) is 17.1. The van der Waals surface area contributed by atoms with E-state index in [-0.39, 0.29) is 28.2 Å². The first-order valence-corrected chi connectivity index (χ1v) is 12.1. The van der Waals surface area contributed by atoms with E-state index in [0.717, 1.165) is 29.2 Å². The lowest BCUT2D eigenvalue weighted by Crippen LogP contribution is -2.68. The van der Waals surface area contributed by atoms with Gasteiger partial charge < -0.3 is 15.3 Å². The summed E-state index contributed by atoms with van der Waals surface area (Å²) < 4.78 is 28.8. The van der Waals surface area contributed by atoms with E-state index in [0.29, 0.717) is 30.8 Å². The molecule has 3 aromatic rings. The van der Waals surface area contributed by atoms with Crippen molar-refractivity contribution in [1.82, 2.24) is 25.1 Å². The maximum absolute atomic E-state index is 14.1. The Morgan fingerprint density at radius 2 is 2.00 bits per heavy atom. The topological polar surface area (TPSA) is 104 Å². The van der Waals surface area contributed by atoms with Gasteiger partial charge in [-0.25, -0.2) is 8.78 Å². The third kappa shape index (κ3) is 3.72. The smallest absolute Gasteiger partial charge is 0.278 e. The number of benzene rings is 1. The van der Waals surface area contributed by atoms with Crippen LogP contribution in [-0.4, -0.2) is 57.1 Å². The van der Waals surface area contributed by atoms with Crippen molar-refractivity contribution in [2.45, 2.75) is 31.3 Å². The Morgan fingerprint density at radius 3 is 2.75 bits per heavy atom. The van der Waals surface area contributed by atoms with Crippen LogP contribution in [0.2, 0.25) is 0 Å². The lowest BCUT2D eigenvalue weighted by atomic mass is 9.95. The van der Waals surface area contributed by atoms with E-state index < -0.39 is 34.4 Å². The standard InChI is InChI=1S/C24H24F2N6O3S/c1-13-6-7-24(8-9-27-13)30(2)23(35)19-21(34)20(33)16(12-32(19)31(24)3)22-29-28-18(36-22)10-14-4-5-15(25)11-17(14)26/h4-5,11-12,27,34H,1,6-10H2,2-3H3. The Hall–Kier alpha value is -3.80. The van der Waals surface area contributed by atoms with E-state index in [1.165, 1.54) is 16.9 Å². The number of hydrogen-bond acceptors (Lipinski definition) is 8. The average Bonchev–Trinajstić information content (AvgIpc) is 3.21. The second kappa shape index (κ2) is 8.70. The molecule has 1 fully saturated rings. The highest BCUT2D eigenvalue weighted by Gasteiger charge is 2.48. The summed E-state index contributed by atoms with van der Waals surface area (Å²) in [7, 11) is 3.47. The minimum absolute atomic E-state index is 0.0607. The zero-order chi connectivity index (χ0) is 25.8. The Labute approximate surface area is 209 Å². The van der Waals surface area contributed by atoms with Crippen LogP contribution < -0.4 is 15.8 Å². The van der Waals surface area contributed by atoms with Crippen molar-refractivity contribution in [3.05, 3.63) is 74.8 Å². The predicted octanol–water partition coefficient (Wildman–Crippen LogP) is 2.58. The van der Waals surface area contributed by atoms with Gasteiger partial charge in [0.25, 0.3) is 5.91 Å². The fourth-order valence-electron chi connectivity index (χ4n) is 4.87. The number of aromatic hydroxyl groups is 1. The molecule has 5 rings (SSSR count). The number of carbonyl (C=O) groups excluding carboxylic acids is 1. The van der Waals surface area contributed by atoms with E-state index in [2.05, 4.69) is 22.1 Å². The van der Waals surface area contributed by atoms with Gasteiger partial charge in [0.05, 0.1) is 5.56 Å². The molecular formula is C24H24F2N6O3S. The molecule has 36 heavy (non-hydrogen) atoms. The van der Waals surface area contributed by atoms with Crippen molar-refractivity contribution in [2.24, 2.45) is 0 Å². The Morgan fingerprint density at radius 1 is 1.22 bits per heavy atom. The van der Waals surface area contributed by atoms with Crippen molar-refractivity contribution >= 4 is 17.2 Å². The maximum atomic E-state index is 14.1. The van der Waals surface area contributed by atoms with Crippen molar-refractivity contribution in [3.8, 4) is 16.3 Å². The van der Waals surface area contributed by atoms with Gasteiger partial charge in [-0.2, -0.15) is 0 Å². The lowest BCUT2D eigenvalue weighted by molar-refractivity contribution is 0.0343. The minimum Gasteiger partial charge on any atom is -0.502 e. The Bertz CT molecular complexity index is 1450. The largest absolute Gasteiger partial charge is 0.502 e. The number of nitrogens with zero attached hydrogens (tertiary/aromatic N) is 5. The monoisotopic (exact) mass is 514 g/mol.